The van der Waals surface area contributed by atoms with Crippen molar-refractivity contribution in [1.82, 2.24) is 5.32 Å². The molecule has 0 amide bonds. The molecule has 0 aromatic carbocycles. The van der Waals surface area contributed by atoms with Crippen molar-refractivity contribution in [3.8, 4) is 0 Å². The van der Waals surface area contributed by atoms with Gasteiger partial charge < -0.3 is 10.5 Å². The Morgan fingerprint density at radius 3 is 2.47 bits per heavy atom. The lowest BCUT2D eigenvalue weighted by Crippen LogP contribution is -2.12. The van der Waals surface area contributed by atoms with E-state index in [1.807, 2.05) is 20.9 Å². The number of hydrogen-bond acceptors (Lipinski definition) is 3. The first-order valence-corrected chi connectivity index (χ1v) is 5.59. The Labute approximate surface area is 94.4 Å². The van der Waals surface area contributed by atoms with Gasteiger partial charge in [0.2, 0.25) is 0 Å². The summed E-state index contributed by atoms with van der Waals surface area (Å²) in [6.07, 6.45) is 8.90. The maximum atomic E-state index is 5.29. The fourth-order valence-corrected chi connectivity index (χ4v) is 1.05. The summed E-state index contributed by atoms with van der Waals surface area (Å²) < 4.78 is 5.29. The van der Waals surface area contributed by atoms with Gasteiger partial charge in [-0.25, -0.2) is 0 Å². The second-order valence-electron chi connectivity index (χ2n) is 2.61. The minimum absolute atomic E-state index is 0.630. The first-order valence-electron chi connectivity index (χ1n) is 5.59. The van der Waals surface area contributed by atoms with Gasteiger partial charge in [0.15, 0.2) is 0 Å². The molecule has 15 heavy (non-hydrogen) atoms. The second-order valence-corrected chi connectivity index (χ2v) is 2.61. The third-order valence-electron chi connectivity index (χ3n) is 1.59. The lowest BCUT2D eigenvalue weighted by molar-refractivity contribution is 0.144. The van der Waals surface area contributed by atoms with Crippen molar-refractivity contribution in [2.75, 3.05) is 27.4 Å². The van der Waals surface area contributed by atoms with Crippen LogP contribution in [0, 0.1) is 0 Å². The van der Waals surface area contributed by atoms with Crippen LogP contribution in [-0.2, 0) is 4.74 Å². The first kappa shape index (κ1) is 16.8. The van der Waals surface area contributed by atoms with E-state index in [2.05, 4.69) is 29.3 Å². The summed E-state index contributed by atoms with van der Waals surface area (Å²) in [7, 11) is 3.38. The normalized spacial score (nSPS) is 13.0. The average Bonchev–Trinajstić information content (AvgIpc) is 2.36. The van der Waals surface area contributed by atoms with Crippen LogP contribution in [0.4, 0.5) is 0 Å². The maximum absolute atomic E-state index is 5.29. The van der Waals surface area contributed by atoms with Crippen LogP contribution in [-0.4, -0.2) is 27.4 Å². The lowest BCUT2D eigenvalue weighted by atomic mass is 10.1. The fourth-order valence-electron chi connectivity index (χ4n) is 1.05. The van der Waals surface area contributed by atoms with Crippen molar-refractivity contribution in [1.29, 1.82) is 0 Å². The largest absolute Gasteiger partial charge is 0.362 e. The number of allylic oxidation sites excluding steroid dienone is 2. The van der Waals surface area contributed by atoms with Crippen LogP contribution in [0.25, 0.3) is 0 Å². The number of nitrogens with two attached hydrogens (primary N) is 1. The topological polar surface area (TPSA) is 47.3 Å². The molecule has 0 heterocycles. The molecule has 90 valence electrons. The van der Waals surface area contributed by atoms with E-state index in [0.29, 0.717) is 6.73 Å². The summed E-state index contributed by atoms with van der Waals surface area (Å²) in [5.41, 5.74) is 5.80. The predicted octanol–water partition coefficient (Wildman–Crippen LogP) is 2.06. The molecule has 3 heteroatoms. The molecule has 0 unspecified atom stereocenters. The summed E-state index contributed by atoms with van der Waals surface area (Å²) in [4.78, 5) is 0. The van der Waals surface area contributed by atoms with Gasteiger partial charge >= 0.3 is 0 Å². The Morgan fingerprint density at radius 1 is 1.33 bits per heavy atom. The minimum atomic E-state index is 0.630. The SMILES string of the molecule is CC.CN.CNCOCC1=CCCC=C1. The smallest absolute Gasteiger partial charge is 0.0967 e. The molecular formula is C12H26N2O. The third kappa shape index (κ3) is 11.3. The van der Waals surface area contributed by atoms with Crippen LogP contribution in [0.15, 0.2) is 23.8 Å². The van der Waals surface area contributed by atoms with Gasteiger partial charge in [-0.3, -0.25) is 5.32 Å². The molecule has 1 aliphatic rings. The van der Waals surface area contributed by atoms with E-state index in [1.54, 1.807) is 0 Å². The molecule has 0 saturated heterocycles. The van der Waals surface area contributed by atoms with Crippen LogP contribution in [0.1, 0.15) is 26.7 Å². The van der Waals surface area contributed by atoms with Crippen molar-refractivity contribution in [2.45, 2.75) is 26.7 Å². The Hall–Kier alpha value is -0.640. The van der Waals surface area contributed by atoms with Gasteiger partial charge in [0, 0.05) is 0 Å². The molecular weight excluding hydrogens is 188 g/mol. The number of ether oxygens (including phenoxy) is 1. The van der Waals surface area contributed by atoms with Crippen molar-refractivity contribution < 1.29 is 4.74 Å². The van der Waals surface area contributed by atoms with Gasteiger partial charge in [0.25, 0.3) is 0 Å². The van der Waals surface area contributed by atoms with Crippen LogP contribution in [0.3, 0.4) is 0 Å². The highest BCUT2D eigenvalue weighted by atomic mass is 16.5. The molecule has 0 aromatic rings. The van der Waals surface area contributed by atoms with Crippen LogP contribution >= 0.6 is 0 Å². The van der Waals surface area contributed by atoms with Gasteiger partial charge in [0.1, 0.15) is 0 Å². The Morgan fingerprint density at radius 2 is 2.00 bits per heavy atom. The molecule has 0 fully saturated rings. The molecule has 1 aliphatic carbocycles. The Kier molecular flexibility index (Phi) is 17.7. The van der Waals surface area contributed by atoms with Crippen molar-refractivity contribution >= 4 is 0 Å². The monoisotopic (exact) mass is 214 g/mol. The molecule has 1 rings (SSSR count). The Bertz CT molecular complexity index is 165. The first-order chi connectivity index (χ1) is 7.43. The zero-order valence-corrected chi connectivity index (χ0v) is 10.5. The van der Waals surface area contributed by atoms with Crippen molar-refractivity contribution in [2.24, 2.45) is 5.73 Å². The quantitative estimate of drug-likeness (QED) is 0.556. The highest BCUT2D eigenvalue weighted by molar-refractivity contribution is 5.22. The van der Waals surface area contributed by atoms with Crippen molar-refractivity contribution in [3.63, 3.8) is 0 Å². The summed E-state index contributed by atoms with van der Waals surface area (Å²) in [5.74, 6) is 0. The summed E-state index contributed by atoms with van der Waals surface area (Å²) in [6, 6.07) is 0. The van der Waals surface area contributed by atoms with E-state index in [0.717, 1.165) is 13.0 Å². The molecule has 0 saturated carbocycles. The van der Waals surface area contributed by atoms with Gasteiger partial charge in [-0.05, 0) is 32.5 Å². The summed E-state index contributed by atoms with van der Waals surface area (Å²) >= 11 is 0. The molecule has 0 atom stereocenters. The van der Waals surface area contributed by atoms with E-state index < -0.39 is 0 Å². The predicted molar refractivity (Wildman–Crippen MR) is 67.8 cm³/mol. The van der Waals surface area contributed by atoms with Crippen LogP contribution < -0.4 is 11.1 Å². The molecule has 0 spiro atoms. The van der Waals surface area contributed by atoms with Gasteiger partial charge in [-0.2, -0.15) is 0 Å². The number of nitrogens with one attached hydrogen (secondary N) is 1. The summed E-state index contributed by atoms with van der Waals surface area (Å²) in [6.45, 7) is 5.36. The number of rotatable bonds is 4. The number of hydrogen-bond donors (Lipinski definition) is 2. The molecule has 0 aromatic heterocycles. The molecule has 0 aliphatic heterocycles. The maximum Gasteiger partial charge on any atom is 0.0967 e. The van der Waals surface area contributed by atoms with Crippen LogP contribution in [0.5, 0.6) is 0 Å². The lowest BCUT2D eigenvalue weighted by Gasteiger charge is -2.06. The zero-order valence-electron chi connectivity index (χ0n) is 10.5. The standard InChI is InChI=1S/C9H15NO.C2H6.CH5N/c1-10-8-11-7-9-5-3-2-4-6-9;2*1-2/h3,5-6,10H,2,4,7-8H2,1H3;1-2H3;2H2,1H3. The van der Waals surface area contributed by atoms with Gasteiger partial charge in [0.05, 0.1) is 13.3 Å². The van der Waals surface area contributed by atoms with E-state index >= 15 is 0 Å². The fraction of sp³-hybridized carbons (Fsp3) is 0.667. The summed E-state index contributed by atoms with van der Waals surface area (Å²) in [5, 5.41) is 2.93. The molecule has 3 nitrogen and oxygen atoms in total. The molecule has 0 radical (unpaired) electrons. The van der Waals surface area contributed by atoms with Crippen LogP contribution in [0.2, 0.25) is 0 Å². The van der Waals surface area contributed by atoms with Gasteiger partial charge in [-0.1, -0.05) is 32.1 Å². The Balaban J connectivity index is 0. The second kappa shape index (κ2) is 15.8. The average molecular weight is 214 g/mol. The van der Waals surface area contributed by atoms with Crippen molar-refractivity contribution in [3.05, 3.63) is 23.8 Å². The highest BCUT2D eigenvalue weighted by Crippen LogP contribution is 2.08. The van der Waals surface area contributed by atoms with E-state index in [4.69, 9.17) is 4.74 Å². The van der Waals surface area contributed by atoms with E-state index in [-0.39, 0.29) is 0 Å². The van der Waals surface area contributed by atoms with E-state index in [9.17, 15) is 0 Å². The third-order valence-corrected chi connectivity index (χ3v) is 1.59. The van der Waals surface area contributed by atoms with E-state index in [1.165, 1.54) is 19.0 Å². The molecule has 0 bridgehead atoms. The van der Waals surface area contributed by atoms with Gasteiger partial charge in [-0.15, -0.1) is 0 Å². The minimum Gasteiger partial charge on any atom is -0.362 e. The zero-order chi connectivity index (χ0) is 11.9. The molecule has 3 N–H and O–H groups in total. The highest BCUT2D eigenvalue weighted by Gasteiger charge is 1.95.